The third-order valence-electron chi connectivity index (χ3n) is 10.2. The van der Waals surface area contributed by atoms with Crippen molar-refractivity contribution in [1.82, 2.24) is 0 Å². The zero-order valence-electron chi connectivity index (χ0n) is 23.5. The zero-order chi connectivity index (χ0) is 28.1. The second kappa shape index (κ2) is 13.3. The minimum Gasteiger partial charge on any atom is -0.508 e. The lowest BCUT2D eigenvalue weighted by atomic mass is 9.52. The molecule has 0 saturated heterocycles. The number of hydrogen-bond donors (Lipinski definition) is 1. The Morgan fingerprint density at radius 2 is 1.59 bits per heavy atom. The van der Waals surface area contributed by atoms with Crippen molar-refractivity contribution in [2.75, 3.05) is 11.5 Å². The van der Waals surface area contributed by atoms with E-state index in [9.17, 15) is 27.1 Å². The fourth-order valence-electron chi connectivity index (χ4n) is 8.18. The van der Waals surface area contributed by atoms with Gasteiger partial charge in [-0.05, 0) is 115 Å². The summed E-state index contributed by atoms with van der Waals surface area (Å²) in [6, 6.07) is 6.12. The van der Waals surface area contributed by atoms with Crippen molar-refractivity contribution in [3.8, 4) is 5.75 Å². The van der Waals surface area contributed by atoms with Crippen molar-refractivity contribution in [3.05, 3.63) is 29.3 Å². The molecule has 7 heteroatoms. The van der Waals surface area contributed by atoms with Gasteiger partial charge in [0.15, 0.2) is 0 Å². The molecule has 222 valence electrons. The van der Waals surface area contributed by atoms with Crippen LogP contribution in [0.15, 0.2) is 18.2 Å². The van der Waals surface area contributed by atoms with Crippen LogP contribution in [-0.4, -0.2) is 28.7 Å². The van der Waals surface area contributed by atoms with Crippen LogP contribution >= 0.6 is 11.8 Å². The molecule has 5 atom stereocenters. The number of hydrogen-bond acceptors (Lipinski definition) is 2. The van der Waals surface area contributed by atoms with Crippen LogP contribution in [0, 0.1) is 23.2 Å². The molecule has 0 radical (unpaired) electrons. The number of benzene rings is 1. The summed E-state index contributed by atoms with van der Waals surface area (Å²) in [5.74, 6) is 0.0523. The standard InChI is InChI=1S/C32H47F5OS/c1-30-16-9-12-28(30)29-23(21-24-22-25(38)13-14-26(24)27(29)15-18-30)11-7-5-3-2-4-6-8-19-39-20-10-17-31(33,34)32(35,36)37/h13-14,22-23,27-29,38H,2-12,15-21H2,1H3/t23-,27-,28+,29-,30+/m1/s1. The summed E-state index contributed by atoms with van der Waals surface area (Å²) >= 11 is 1.49. The first kappa shape index (κ1) is 31.0. The highest BCUT2D eigenvalue weighted by Gasteiger charge is 2.56. The Bertz CT molecular complexity index is 918. The molecule has 1 aromatic rings. The largest absolute Gasteiger partial charge is 0.508 e. The van der Waals surface area contributed by atoms with Gasteiger partial charge in [0.25, 0.3) is 0 Å². The quantitative estimate of drug-likeness (QED) is 0.176. The predicted octanol–water partition coefficient (Wildman–Crippen LogP) is 10.7. The fraction of sp³-hybridized carbons (Fsp3) is 0.812. The van der Waals surface area contributed by atoms with Crippen molar-refractivity contribution in [1.29, 1.82) is 0 Å². The molecule has 0 heterocycles. The molecule has 0 aromatic heterocycles. The van der Waals surface area contributed by atoms with E-state index in [1.807, 2.05) is 12.1 Å². The van der Waals surface area contributed by atoms with Crippen molar-refractivity contribution in [3.63, 3.8) is 0 Å². The van der Waals surface area contributed by atoms with E-state index in [0.717, 1.165) is 49.2 Å². The maximum atomic E-state index is 12.9. The Morgan fingerprint density at radius 3 is 2.33 bits per heavy atom. The molecule has 0 bridgehead atoms. The molecule has 39 heavy (non-hydrogen) atoms. The Labute approximate surface area is 236 Å². The Morgan fingerprint density at radius 1 is 0.897 bits per heavy atom. The van der Waals surface area contributed by atoms with Gasteiger partial charge in [0, 0.05) is 6.42 Å². The van der Waals surface area contributed by atoms with E-state index in [1.54, 1.807) is 0 Å². The fourth-order valence-corrected chi connectivity index (χ4v) is 9.14. The zero-order valence-corrected chi connectivity index (χ0v) is 24.3. The normalized spacial score (nSPS) is 28.7. The smallest absolute Gasteiger partial charge is 0.453 e. The molecule has 0 unspecified atom stereocenters. The second-order valence-electron chi connectivity index (χ2n) is 12.9. The number of phenolic OH excluding ortho intramolecular Hbond substituents is 1. The van der Waals surface area contributed by atoms with Crippen molar-refractivity contribution < 1.29 is 27.1 Å². The topological polar surface area (TPSA) is 20.2 Å². The minimum absolute atomic E-state index is 0.105. The average Bonchev–Trinajstić information content (AvgIpc) is 3.27. The number of unbranched alkanes of at least 4 members (excludes halogenated alkanes) is 6. The van der Waals surface area contributed by atoms with Gasteiger partial charge in [-0.1, -0.05) is 57.9 Å². The summed E-state index contributed by atoms with van der Waals surface area (Å²) in [6.07, 6.45) is 10.8. The number of alkyl halides is 5. The first-order valence-electron chi connectivity index (χ1n) is 15.4. The molecule has 1 aromatic carbocycles. The molecule has 3 aliphatic carbocycles. The van der Waals surface area contributed by atoms with E-state index in [0.29, 0.717) is 22.8 Å². The SMILES string of the molecule is C[C@@]12CCC[C@H]1[C@@H]1[C@H](CCCCCCCCCSCCCC(F)(F)C(F)(F)F)Cc3cc(O)ccc3[C@H]1CC2. The number of phenols is 1. The molecule has 4 rings (SSSR count). The number of rotatable bonds is 14. The van der Waals surface area contributed by atoms with E-state index in [2.05, 4.69) is 13.0 Å². The van der Waals surface area contributed by atoms with E-state index in [-0.39, 0.29) is 6.42 Å². The van der Waals surface area contributed by atoms with Crippen LogP contribution in [0.4, 0.5) is 22.0 Å². The lowest BCUT2D eigenvalue weighted by Gasteiger charge is -2.52. The highest BCUT2D eigenvalue weighted by atomic mass is 32.2. The van der Waals surface area contributed by atoms with Gasteiger partial charge in [0.2, 0.25) is 0 Å². The molecule has 3 aliphatic rings. The summed E-state index contributed by atoms with van der Waals surface area (Å²) in [7, 11) is 0. The number of thioether (sulfide) groups is 1. The molecule has 2 saturated carbocycles. The highest BCUT2D eigenvalue weighted by molar-refractivity contribution is 7.99. The van der Waals surface area contributed by atoms with Crippen molar-refractivity contribution in [2.24, 2.45) is 23.2 Å². The van der Waals surface area contributed by atoms with Gasteiger partial charge in [-0.3, -0.25) is 0 Å². The summed E-state index contributed by atoms with van der Waals surface area (Å²) in [6.45, 7) is 2.55. The molecular formula is C32H47F5OS. The monoisotopic (exact) mass is 574 g/mol. The van der Waals surface area contributed by atoms with Crippen LogP contribution in [0.5, 0.6) is 5.75 Å². The summed E-state index contributed by atoms with van der Waals surface area (Å²) in [5, 5.41) is 10.1. The summed E-state index contributed by atoms with van der Waals surface area (Å²) in [4.78, 5) is 0. The lowest BCUT2D eigenvalue weighted by Crippen LogP contribution is -2.44. The lowest BCUT2D eigenvalue weighted by molar-refractivity contribution is -0.284. The Hall–Kier alpha value is -0.980. The van der Waals surface area contributed by atoms with Crippen LogP contribution in [0.3, 0.4) is 0 Å². The second-order valence-corrected chi connectivity index (χ2v) is 14.1. The molecule has 1 nitrogen and oxygen atoms in total. The molecule has 0 spiro atoms. The van der Waals surface area contributed by atoms with Crippen molar-refractivity contribution in [2.45, 2.75) is 128 Å². The number of halogens is 5. The van der Waals surface area contributed by atoms with Gasteiger partial charge in [0.1, 0.15) is 5.75 Å². The van der Waals surface area contributed by atoms with Gasteiger partial charge < -0.3 is 5.11 Å². The van der Waals surface area contributed by atoms with Gasteiger partial charge in [-0.2, -0.15) is 33.7 Å². The molecule has 1 N–H and O–H groups in total. The average molecular weight is 575 g/mol. The van der Waals surface area contributed by atoms with Gasteiger partial charge in [0.05, 0.1) is 0 Å². The van der Waals surface area contributed by atoms with Gasteiger partial charge >= 0.3 is 12.1 Å². The third-order valence-corrected chi connectivity index (χ3v) is 11.4. The van der Waals surface area contributed by atoms with Crippen LogP contribution in [-0.2, 0) is 6.42 Å². The van der Waals surface area contributed by atoms with Crippen LogP contribution in [0.2, 0.25) is 0 Å². The molecule has 0 amide bonds. The molecule has 0 aliphatic heterocycles. The third kappa shape index (κ3) is 7.65. The Kier molecular flexibility index (Phi) is 10.6. The number of fused-ring (bicyclic) bond motifs is 5. The van der Waals surface area contributed by atoms with Gasteiger partial charge in [-0.25, -0.2) is 0 Å². The minimum atomic E-state index is -5.43. The first-order chi connectivity index (χ1) is 18.5. The van der Waals surface area contributed by atoms with Crippen LogP contribution < -0.4 is 0 Å². The first-order valence-corrected chi connectivity index (χ1v) is 16.5. The molecular weight excluding hydrogens is 527 g/mol. The van der Waals surface area contributed by atoms with Crippen molar-refractivity contribution >= 4 is 11.8 Å². The predicted molar refractivity (Wildman–Crippen MR) is 151 cm³/mol. The van der Waals surface area contributed by atoms with E-state index in [4.69, 9.17) is 0 Å². The number of aromatic hydroxyl groups is 1. The molecule has 2 fully saturated rings. The van der Waals surface area contributed by atoms with E-state index >= 15 is 0 Å². The maximum Gasteiger partial charge on any atom is 0.453 e. The van der Waals surface area contributed by atoms with E-state index in [1.165, 1.54) is 87.1 Å². The Balaban J connectivity index is 1.11. The highest BCUT2D eigenvalue weighted by Crippen LogP contribution is 2.62. The van der Waals surface area contributed by atoms with Gasteiger partial charge in [-0.15, -0.1) is 0 Å². The maximum absolute atomic E-state index is 12.9. The van der Waals surface area contributed by atoms with E-state index < -0.39 is 18.5 Å². The van der Waals surface area contributed by atoms with Crippen LogP contribution in [0.25, 0.3) is 0 Å². The summed E-state index contributed by atoms with van der Waals surface area (Å²) in [5.41, 5.74) is 3.43. The van der Waals surface area contributed by atoms with Crippen LogP contribution in [0.1, 0.15) is 120 Å². The summed E-state index contributed by atoms with van der Waals surface area (Å²) < 4.78 is 62.4.